The first kappa shape index (κ1) is 21.0. The lowest BCUT2D eigenvalue weighted by Gasteiger charge is -2.33. The first-order valence-electron chi connectivity index (χ1n) is 10.7. The number of likely N-dealkylation sites (tertiary alicyclic amines) is 2. The summed E-state index contributed by atoms with van der Waals surface area (Å²) in [4.78, 5) is 41.0. The summed E-state index contributed by atoms with van der Waals surface area (Å²) in [6.07, 6.45) is 1.45. The number of piperidine rings is 1. The summed E-state index contributed by atoms with van der Waals surface area (Å²) < 4.78 is 13.9. The van der Waals surface area contributed by atoms with Gasteiger partial charge < -0.3 is 15.1 Å². The van der Waals surface area contributed by atoms with Crippen LogP contribution in [0.2, 0.25) is 0 Å². The molecule has 2 fully saturated rings. The van der Waals surface area contributed by atoms with Crippen LogP contribution in [-0.2, 0) is 16.1 Å². The molecule has 2 saturated heterocycles. The van der Waals surface area contributed by atoms with Gasteiger partial charge in [-0.25, -0.2) is 4.39 Å². The molecule has 0 spiro atoms. The number of hydrogen-bond acceptors (Lipinski definition) is 3. The Bertz CT molecular complexity index is 958. The van der Waals surface area contributed by atoms with Crippen LogP contribution < -0.4 is 5.32 Å². The molecule has 0 aromatic heterocycles. The van der Waals surface area contributed by atoms with Crippen LogP contribution in [0, 0.1) is 11.7 Å². The van der Waals surface area contributed by atoms with E-state index in [9.17, 15) is 18.8 Å². The summed E-state index contributed by atoms with van der Waals surface area (Å²) in [5.74, 6) is -1.30. The molecule has 7 heteroatoms. The molecule has 2 aromatic carbocycles. The van der Waals surface area contributed by atoms with Crippen molar-refractivity contribution in [3.05, 3.63) is 71.5 Å². The highest BCUT2D eigenvalue weighted by molar-refractivity contribution is 5.94. The number of nitrogens with zero attached hydrogens (tertiary/aromatic N) is 2. The fraction of sp³-hybridized carbons (Fsp3) is 0.375. The summed E-state index contributed by atoms with van der Waals surface area (Å²) in [5, 5.41) is 3.05. The Morgan fingerprint density at radius 3 is 2.39 bits per heavy atom. The molecule has 4 rings (SSSR count). The third kappa shape index (κ3) is 4.93. The Morgan fingerprint density at radius 2 is 1.68 bits per heavy atom. The van der Waals surface area contributed by atoms with Gasteiger partial charge in [-0.2, -0.15) is 0 Å². The molecule has 0 saturated carbocycles. The molecule has 0 aliphatic carbocycles. The fourth-order valence-corrected chi connectivity index (χ4v) is 4.26. The third-order valence-corrected chi connectivity index (χ3v) is 6.03. The van der Waals surface area contributed by atoms with Crippen molar-refractivity contribution in [3.8, 4) is 0 Å². The molecule has 1 unspecified atom stereocenters. The van der Waals surface area contributed by atoms with Crippen LogP contribution >= 0.6 is 0 Å². The Morgan fingerprint density at radius 1 is 1.00 bits per heavy atom. The molecule has 31 heavy (non-hydrogen) atoms. The van der Waals surface area contributed by atoms with Crippen molar-refractivity contribution in [2.24, 2.45) is 5.92 Å². The van der Waals surface area contributed by atoms with Crippen LogP contribution in [0.5, 0.6) is 0 Å². The van der Waals surface area contributed by atoms with Gasteiger partial charge in [0.25, 0.3) is 5.91 Å². The maximum absolute atomic E-state index is 13.9. The molecule has 1 N–H and O–H groups in total. The Balaban J connectivity index is 1.26. The molecule has 3 amide bonds. The summed E-state index contributed by atoms with van der Waals surface area (Å²) in [7, 11) is 0. The third-order valence-electron chi connectivity index (χ3n) is 6.03. The van der Waals surface area contributed by atoms with E-state index in [4.69, 9.17) is 0 Å². The van der Waals surface area contributed by atoms with E-state index >= 15 is 0 Å². The topological polar surface area (TPSA) is 69.7 Å². The van der Waals surface area contributed by atoms with Gasteiger partial charge in [-0.05, 0) is 30.5 Å². The predicted molar refractivity (Wildman–Crippen MR) is 113 cm³/mol. The second-order valence-electron chi connectivity index (χ2n) is 8.22. The van der Waals surface area contributed by atoms with Crippen molar-refractivity contribution in [1.29, 1.82) is 0 Å². The molecule has 2 heterocycles. The van der Waals surface area contributed by atoms with E-state index < -0.39 is 5.82 Å². The summed E-state index contributed by atoms with van der Waals surface area (Å²) >= 11 is 0. The highest BCUT2D eigenvalue weighted by atomic mass is 19.1. The summed E-state index contributed by atoms with van der Waals surface area (Å²) in [6, 6.07) is 15.7. The van der Waals surface area contributed by atoms with E-state index in [0.717, 1.165) is 5.56 Å². The molecule has 0 radical (unpaired) electrons. The van der Waals surface area contributed by atoms with Gasteiger partial charge >= 0.3 is 0 Å². The molecule has 0 bridgehead atoms. The Hall–Kier alpha value is -3.22. The number of nitrogens with one attached hydrogen (secondary N) is 1. The zero-order valence-electron chi connectivity index (χ0n) is 17.3. The maximum Gasteiger partial charge on any atom is 0.256 e. The van der Waals surface area contributed by atoms with Crippen LogP contribution in [0.15, 0.2) is 54.6 Å². The van der Waals surface area contributed by atoms with E-state index in [0.29, 0.717) is 39.0 Å². The minimum Gasteiger partial charge on any atom is -0.353 e. The number of rotatable bonds is 5. The molecular weight excluding hydrogens is 397 g/mol. The molecule has 6 nitrogen and oxygen atoms in total. The number of hydrogen-bond donors (Lipinski definition) is 1. The van der Waals surface area contributed by atoms with E-state index in [2.05, 4.69) is 5.32 Å². The van der Waals surface area contributed by atoms with Crippen LogP contribution in [0.1, 0.15) is 35.2 Å². The van der Waals surface area contributed by atoms with E-state index in [1.54, 1.807) is 21.9 Å². The quantitative estimate of drug-likeness (QED) is 0.804. The van der Waals surface area contributed by atoms with E-state index in [-0.39, 0.29) is 41.7 Å². The molecule has 2 aliphatic heterocycles. The normalized spacial score (nSPS) is 19.5. The smallest absolute Gasteiger partial charge is 0.256 e. The van der Waals surface area contributed by atoms with Crippen molar-refractivity contribution in [3.63, 3.8) is 0 Å². The number of carbonyl (C=O) groups excluding carboxylic acids is 3. The highest BCUT2D eigenvalue weighted by Gasteiger charge is 2.35. The van der Waals surface area contributed by atoms with Gasteiger partial charge in [0, 0.05) is 38.6 Å². The first-order valence-corrected chi connectivity index (χ1v) is 10.7. The van der Waals surface area contributed by atoms with Gasteiger partial charge in [0.2, 0.25) is 11.8 Å². The lowest BCUT2D eigenvalue weighted by atomic mass is 10.0. The first-order chi connectivity index (χ1) is 15.0. The number of benzene rings is 2. The van der Waals surface area contributed by atoms with E-state index in [1.807, 2.05) is 30.3 Å². The number of carbonyl (C=O) groups is 3. The van der Waals surface area contributed by atoms with Gasteiger partial charge in [0.1, 0.15) is 5.82 Å². The zero-order chi connectivity index (χ0) is 21.8. The van der Waals surface area contributed by atoms with Crippen molar-refractivity contribution in [1.82, 2.24) is 15.1 Å². The minimum absolute atomic E-state index is 0.00527. The van der Waals surface area contributed by atoms with Crippen LogP contribution in [-0.4, -0.2) is 53.2 Å². The van der Waals surface area contributed by atoms with Gasteiger partial charge in [-0.3, -0.25) is 14.4 Å². The molecule has 2 aliphatic rings. The van der Waals surface area contributed by atoms with E-state index in [1.165, 1.54) is 12.1 Å². The maximum atomic E-state index is 13.9. The van der Waals surface area contributed by atoms with Gasteiger partial charge in [0.05, 0.1) is 11.5 Å². The largest absolute Gasteiger partial charge is 0.353 e. The van der Waals surface area contributed by atoms with Crippen molar-refractivity contribution < 1.29 is 18.8 Å². The molecule has 1 atom stereocenters. The highest BCUT2D eigenvalue weighted by Crippen LogP contribution is 2.22. The predicted octanol–water partition coefficient (Wildman–Crippen LogP) is 2.60. The zero-order valence-corrected chi connectivity index (χ0v) is 17.3. The Labute approximate surface area is 181 Å². The van der Waals surface area contributed by atoms with Gasteiger partial charge in [-0.1, -0.05) is 42.5 Å². The molecular formula is C24H26FN3O3. The van der Waals surface area contributed by atoms with Crippen molar-refractivity contribution >= 4 is 17.7 Å². The molecule has 2 aromatic rings. The lowest BCUT2D eigenvalue weighted by Crippen LogP contribution is -2.48. The second-order valence-corrected chi connectivity index (χ2v) is 8.22. The van der Waals surface area contributed by atoms with Gasteiger partial charge in [-0.15, -0.1) is 0 Å². The minimum atomic E-state index is -0.520. The van der Waals surface area contributed by atoms with Gasteiger partial charge in [0.15, 0.2) is 0 Å². The van der Waals surface area contributed by atoms with Crippen molar-refractivity contribution in [2.45, 2.75) is 31.8 Å². The number of halogens is 1. The van der Waals surface area contributed by atoms with Crippen LogP contribution in [0.3, 0.4) is 0 Å². The summed E-state index contributed by atoms with van der Waals surface area (Å²) in [6.45, 7) is 1.86. The second kappa shape index (κ2) is 9.29. The number of amides is 3. The van der Waals surface area contributed by atoms with Crippen LogP contribution in [0.4, 0.5) is 4.39 Å². The average Bonchev–Trinajstić information content (AvgIpc) is 3.15. The monoisotopic (exact) mass is 423 g/mol. The SMILES string of the molecule is O=C(NC1CCN(C(=O)c2ccccc2F)CC1)C1CC(=O)N(Cc2ccccc2)C1. The van der Waals surface area contributed by atoms with Crippen molar-refractivity contribution in [2.75, 3.05) is 19.6 Å². The van der Waals surface area contributed by atoms with Crippen LogP contribution in [0.25, 0.3) is 0 Å². The fourth-order valence-electron chi connectivity index (χ4n) is 4.26. The molecule has 162 valence electrons. The average molecular weight is 423 g/mol. The summed E-state index contributed by atoms with van der Waals surface area (Å²) in [5.41, 5.74) is 1.12. The lowest BCUT2D eigenvalue weighted by molar-refractivity contribution is -0.129. The Kier molecular flexibility index (Phi) is 6.30. The standard InChI is InChI=1S/C24H26FN3O3/c25-21-9-5-4-8-20(21)24(31)27-12-10-19(11-13-27)26-23(30)18-14-22(29)28(16-18)15-17-6-2-1-3-7-17/h1-9,18-19H,10-16H2,(H,26,30).